The molecule has 0 spiro atoms. The van der Waals surface area contributed by atoms with Crippen LogP contribution in [0.1, 0.15) is 0 Å². The van der Waals surface area contributed by atoms with E-state index in [1.807, 2.05) is 0 Å². The van der Waals surface area contributed by atoms with Crippen LogP contribution in [0.2, 0.25) is 10.0 Å². The van der Waals surface area contributed by atoms with E-state index in [1.54, 1.807) is 24.3 Å². The zero-order valence-corrected chi connectivity index (χ0v) is 7.90. The van der Waals surface area contributed by atoms with Gasteiger partial charge in [-0.25, -0.2) is 0 Å². The summed E-state index contributed by atoms with van der Waals surface area (Å²) >= 11 is 11.5. The Morgan fingerprint density at radius 3 is 2.75 bits per heavy atom. The Morgan fingerprint density at radius 2 is 2.17 bits per heavy atom. The van der Waals surface area contributed by atoms with Crippen LogP contribution in [0.5, 0.6) is 5.75 Å². The number of halogens is 2. The van der Waals surface area contributed by atoms with Crippen molar-refractivity contribution in [3.8, 4) is 5.75 Å². The maximum atomic E-state index is 5.82. The van der Waals surface area contributed by atoms with Crippen LogP contribution in [0.15, 0.2) is 30.9 Å². The molecule has 1 rings (SSSR count). The Hall–Kier alpha value is -0.660. The molecule has 1 nitrogen and oxygen atoms in total. The molecule has 0 aliphatic carbocycles. The molecule has 12 heavy (non-hydrogen) atoms. The van der Waals surface area contributed by atoms with Gasteiger partial charge in [-0.05, 0) is 18.2 Å². The average Bonchev–Trinajstić information content (AvgIpc) is 2.03. The zero-order valence-electron chi connectivity index (χ0n) is 6.39. The van der Waals surface area contributed by atoms with Gasteiger partial charge in [-0.2, -0.15) is 0 Å². The van der Waals surface area contributed by atoms with Crippen LogP contribution in [0.25, 0.3) is 0 Å². The van der Waals surface area contributed by atoms with Crippen molar-refractivity contribution in [1.29, 1.82) is 0 Å². The van der Waals surface area contributed by atoms with Crippen molar-refractivity contribution in [2.24, 2.45) is 0 Å². The highest BCUT2D eigenvalue weighted by Crippen LogP contribution is 2.27. The first kappa shape index (κ1) is 9.43. The topological polar surface area (TPSA) is 9.23 Å². The molecule has 0 fully saturated rings. The second-order valence-electron chi connectivity index (χ2n) is 2.17. The summed E-state index contributed by atoms with van der Waals surface area (Å²) in [6, 6.07) is 5.10. The van der Waals surface area contributed by atoms with Crippen LogP contribution < -0.4 is 4.74 Å². The summed E-state index contributed by atoms with van der Waals surface area (Å²) in [7, 11) is 0. The number of benzene rings is 1. The third-order valence-corrected chi connectivity index (χ3v) is 1.78. The molecule has 1 aromatic rings. The van der Waals surface area contributed by atoms with Crippen LogP contribution in [0.3, 0.4) is 0 Å². The van der Waals surface area contributed by atoms with Crippen LogP contribution in [0, 0.1) is 0 Å². The van der Waals surface area contributed by atoms with Crippen LogP contribution in [-0.4, -0.2) is 6.61 Å². The number of rotatable bonds is 3. The fourth-order valence-electron chi connectivity index (χ4n) is 0.741. The van der Waals surface area contributed by atoms with E-state index in [2.05, 4.69) is 6.58 Å². The molecular formula is C9H8Cl2O. The quantitative estimate of drug-likeness (QED) is 0.682. The second kappa shape index (κ2) is 4.39. The molecule has 0 N–H and O–H groups in total. The zero-order chi connectivity index (χ0) is 8.97. The summed E-state index contributed by atoms with van der Waals surface area (Å²) in [6.07, 6.45) is 1.66. The number of hydrogen-bond acceptors (Lipinski definition) is 1. The molecule has 0 saturated carbocycles. The van der Waals surface area contributed by atoms with E-state index in [9.17, 15) is 0 Å². The molecule has 0 bridgehead atoms. The van der Waals surface area contributed by atoms with Crippen molar-refractivity contribution >= 4 is 23.2 Å². The lowest BCUT2D eigenvalue weighted by Gasteiger charge is -2.04. The van der Waals surface area contributed by atoms with E-state index in [0.29, 0.717) is 22.4 Å². The Bertz CT molecular complexity index is 284. The standard InChI is InChI=1S/C9H8Cl2O/c1-2-5-12-9-4-3-7(10)6-8(9)11/h2-4,6H,1,5H2. The Labute approximate surface area is 81.6 Å². The molecule has 0 aromatic heterocycles. The van der Waals surface area contributed by atoms with Crippen molar-refractivity contribution in [1.82, 2.24) is 0 Å². The first-order valence-electron chi connectivity index (χ1n) is 3.43. The minimum absolute atomic E-state index is 0.446. The van der Waals surface area contributed by atoms with Crippen molar-refractivity contribution in [3.05, 3.63) is 40.9 Å². The summed E-state index contributed by atoms with van der Waals surface area (Å²) in [5.41, 5.74) is 0. The van der Waals surface area contributed by atoms with Gasteiger partial charge in [0.05, 0.1) is 5.02 Å². The Kier molecular flexibility index (Phi) is 3.45. The van der Waals surface area contributed by atoms with Gasteiger partial charge < -0.3 is 4.74 Å². The lowest BCUT2D eigenvalue weighted by atomic mass is 10.3. The van der Waals surface area contributed by atoms with Gasteiger partial charge in [0.25, 0.3) is 0 Å². The predicted octanol–water partition coefficient (Wildman–Crippen LogP) is 3.56. The van der Waals surface area contributed by atoms with Crippen molar-refractivity contribution in [3.63, 3.8) is 0 Å². The molecule has 0 unspecified atom stereocenters. The molecule has 0 aliphatic rings. The van der Waals surface area contributed by atoms with E-state index in [0.717, 1.165) is 0 Å². The molecule has 0 radical (unpaired) electrons. The third-order valence-electron chi connectivity index (χ3n) is 1.25. The van der Waals surface area contributed by atoms with E-state index in [-0.39, 0.29) is 0 Å². The first-order valence-corrected chi connectivity index (χ1v) is 4.18. The lowest BCUT2D eigenvalue weighted by molar-refractivity contribution is 0.363. The number of ether oxygens (including phenoxy) is 1. The average molecular weight is 203 g/mol. The van der Waals surface area contributed by atoms with Gasteiger partial charge in [-0.15, -0.1) is 0 Å². The van der Waals surface area contributed by atoms with E-state index >= 15 is 0 Å². The molecule has 64 valence electrons. The Morgan fingerprint density at radius 1 is 1.42 bits per heavy atom. The SMILES string of the molecule is C=CCOc1ccc(Cl)cc1Cl. The maximum absolute atomic E-state index is 5.82. The first-order chi connectivity index (χ1) is 5.74. The smallest absolute Gasteiger partial charge is 0.138 e. The summed E-state index contributed by atoms with van der Waals surface area (Å²) in [4.78, 5) is 0. The van der Waals surface area contributed by atoms with Gasteiger partial charge in [0.2, 0.25) is 0 Å². The van der Waals surface area contributed by atoms with Crippen LogP contribution in [0.4, 0.5) is 0 Å². The van der Waals surface area contributed by atoms with Crippen molar-refractivity contribution in [2.45, 2.75) is 0 Å². The van der Waals surface area contributed by atoms with Gasteiger partial charge in [0, 0.05) is 5.02 Å². The highest BCUT2D eigenvalue weighted by atomic mass is 35.5. The van der Waals surface area contributed by atoms with E-state index < -0.39 is 0 Å². The molecule has 1 aromatic carbocycles. The monoisotopic (exact) mass is 202 g/mol. The van der Waals surface area contributed by atoms with Crippen molar-refractivity contribution in [2.75, 3.05) is 6.61 Å². The van der Waals surface area contributed by atoms with Gasteiger partial charge in [0.1, 0.15) is 12.4 Å². The molecular weight excluding hydrogens is 195 g/mol. The fraction of sp³-hybridized carbons (Fsp3) is 0.111. The highest BCUT2D eigenvalue weighted by molar-refractivity contribution is 6.35. The maximum Gasteiger partial charge on any atom is 0.138 e. The van der Waals surface area contributed by atoms with E-state index in [4.69, 9.17) is 27.9 Å². The molecule has 0 aliphatic heterocycles. The third kappa shape index (κ3) is 2.43. The summed E-state index contributed by atoms with van der Waals surface area (Å²) < 4.78 is 5.23. The van der Waals surface area contributed by atoms with Gasteiger partial charge in [-0.3, -0.25) is 0 Å². The highest BCUT2D eigenvalue weighted by Gasteiger charge is 2.00. The van der Waals surface area contributed by atoms with E-state index in [1.165, 1.54) is 0 Å². The van der Waals surface area contributed by atoms with Gasteiger partial charge in [0.15, 0.2) is 0 Å². The minimum Gasteiger partial charge on any atom is -0.488 e. The Balaban J connectivity index is 2.78. The fourth-order valence-corrected chi connectivity index (χ4v) is 1.20. The summed E-state index contributed by atoms with van der Waals surface area (Å²) in [5, 5.41) is 1.12. The number of hydrogen-bond donors (Lipinski definition) is 0. The molecule has 0 amide bonds. The second-order valence-corrected chi connectivity index (χ2v) is 3.02. The van der Waals surface area contributed by atoms with Gasteiger partial charge in [-0.1, -0.05) is 35.9 Å². The van der Waals surface area contributed by atoms with Crippen LogP contribution >= 0.6 is 23.2 Å². The molecule has 0 heterocycles. The molecule has 0 atom stereocenters. The largest absolute Gasteiger partial charge is 0.488 e. The van der Waals surface area contributed by atoms with Crippen molar-refractivity contribution < 1.29 is 4.74 Å². The normalized spacial score (nSPS) is 9.50. The predicted molar refractivity (Wildman–Crippen MR) is 52.2 cm³/mol. The van der Waals surface area contributed by atoms with Crippen LogP contribution in [-0.2, 0) is 0 Å². The minimum atomic E-state index is 0.446. The lowest BCUT2D eigenvalue weighted by Crippen LogP contribution is -1.92. The molecule has 0 saturated heterocycles. The summed E-state index contributed by atoms with van der Waals surface area (Å²) in [5.74, 6) is 0.626. The van der Waals surface area contributed by atoms with Gasteiger partial charge >= 0.3 is 0 Å². The molecule has 3 heteroatoms. The summed E-state index contributed by atoms with van der Waals surface area (Å²) in [6.45, 7) is 3.97.